The molecule has 0 spiro atoms. The maximum Gasteiger partial charge on any atom is 0.0542 e. The van der Waals surface area contributed by atoms with Crippen molar-refractivity contribution in [3.8, 4) is 0 Å². The minimum Gasteiger partial charge on any atom is -0.380 e. The molecular formula is C11H22N2O. The standard InChI is InChI=1S/C11H22N2O/c1-11(8-14-9-11)4-2-5-13-6-3-10(13)7-12/h10H,2-9,12H2,1H3. The Morgan fingerprint density at radius 3 is 2.71 bits per heavy atom. The van der Waals surface area contributed by atoms with Gasteiger partial charge in [0.2, 0.25) is 0 Å². The van der Waals surface area contributed by atoms with Gasteiger partial charge in [-0.05, 0) is 25.8 Å². The van der Waals surface area contributed by atoms with Gasteiger partial charge in [-0.3, -0.25) is 4.90 Å². The van der Waals surface area contributed by atoms with Crippen LogP contribution in [0, 0.1) is 5.41 Å². The molecule has 3 nitrogen and oxygen atoms in total. The average molecular weight is 198 g/mol. The quantitative estimate of drug-likeness (QED) is 0.711. The fourth-order valence-corrected chi connectivity index (χ4v) is 2.36. The summed E-state index contributed by atoms with van der Waals surface area (Å²) in [7, 11) is 0. The normalized spacial score (nSPS) is 30.9. The molecule has 3 heteroatoms. The first-order chi connectivity index (χ1) is 6.73. The van der Waals surface area contributed by atoms with Crippen LogP contribution in [0.15, 0.2) is 0 Å². The Bertz CT molecular complexity index is 190. The summed E-state index contributed by atoms with van der Waals surface area (Å²) in [5.74, 6) is 0. The first-order valence-electron chi connectivity index (χ1n) is 5.75. The number of hydrogen-bond acceptors (Lipinski definition) is 3. The van der Waals surface area contributed by atoms with Crippen molar-refractivity contribution < 1.29 is 4.74 Å². The Morgan fingerprint density at radius 2 is 2.29 bits per heavy atom. The Kier molecular flexibility index (Phi) is 3.10. The van der Waals surface area contributed by atoms with Gasteiger partial charge in [-0.2, -0.15) is 0 Å². The first kappa shape index (κ1) is 10.4. The van der Waals surface area contributed by atoms with Crippen LogP contribution in [-0.2, 0) is 4.74 Å². The van der Waals surface area contributed by atoms with Crippen molar-refractivity contribution >= 4 is 0 Å². The molecular weight excluding hydrogens is 176 g/mol. The van der Waals surface area contributed by atoms with Crippen molar-refractivity contribution in [3.05, 3.63) is 0 Å². The molecule has 2 rings (SSSR count). The molecule has 1 atom stereocenters. The zero-order chi connectivity index (χ0) is 10.0. The molecule has 0 aromatic heterocycles. The molecule has 2 N–H and O–H groups in total. The van der Waals surface area contributed by atoms with Crippen molar-refractivity contribution in [3.63, 3.8) is 0 Å². The largest absolute Gasteiger partial charge is 0.380 e. The summed E-state index contributed by atoms with van der Waals surface area (Å²) in [6, 6.07) is 0.681. The summed E-state index contributed by atoms with van der Waals surface area (Å²) in [6.45, 7) is 7.58. The van der Waals surface area contributed by atoms with Gasteiger partial charge in [-0.15, -0.1) is 0 Å². The predicted molar refractivity (Wildman–Crippen MR) is 57.2 cm³/mol. The lowest BCUT2D eigenvalue weighted by Gasteiger charge is -2.42. The topological polar surface area (TPSA) is 38.5 Å². The van der Waals surface area contributed by atoms with Crippen LogP contribution in [0.5, 0.6) is 0 Å². The molecule has 14 heavy (non-hydrogen) atoms. The van der Waals surface area contributed by atoms with E-state index in [9.17, 15) is 0 Å². The number of likely N-dealkylation sites (tertiary alicyclic amines) is 1. The third-order valence-electron chi connectivity index (χ3n) is 3.66. The first-order valence-corrected chi connectivity index (χ1v) is 5.75. The van der Waals surface area contributed by atoms with E-state index in [1.54, 1.807) is 0 Å². The van der Waals surface area contributed by atoms with Crippen LogP contribution in [0.3, 0.4) is 0 Å². The van der Waals surface area contributed by atoms with E-state index < -0.39 is 0 Å². The molecule has 0 radical (unpaired) electrons. The highest BCUT2D eigenvalue weighted by molar-refractivity contribution is 4.85. The van der Waals surface area contributed by atoms with E-state index in [0.717, 1.165) is 19.8 Å². The number of nitrogens with two attached hydrogens (primary N) is 1. The van der Waals surface area contributed by atoms with Gasteiger partial charge in [-0.25, -0.2) is 0 Å². The molecule has 82 valence electrons. The fraction of sp³-hybridized carbons (Fsp3) is 1.00. The smallest absolute Gasteiger partial charge is 0.0542 e. The second kappa shape index (κ2) is 4.17. The lowest BCUT2D eigenvalue weighted by molar-refractivity contribution is -0.107. The Balaban J connectivity index is 1.58. The summed E-state index contributed by atoms with van der Waals surface area (Å²) < 4.78 is 5.24. The maximum absolute atomic E-state index is 5.66. The van der Waals surface area contributed by atoms with Gasteiger partial charge < -0.3 is 10.5 Å². The third kappa shape index (κ3) is 2.10. The molecule has 2 fully saturated rings. The number of hydrogen-bond donors (Lipinski definition) is 1. The van der Waals surface area contributed by atoms with Gasteiger partial charge in [0, 0.05) is 24.5 Å². The van der Waals surface area contributed by atoms with Crippen molar-refractivity contribution in [1.82, 2.24) is 4.90 Å². The average Bonchev–Trinajstić information content (AvgIpc) is 2.08. The van der Waals surface area contributed by atoms with E-state index in [1.807, 2.05) is 0 Å². The van der Waals surface area contributed by atoms with Crippen LogP contribution in [0.25, 0.3) is 0 Å². The number of ether oxygens (including phenoxy) is 1. The number of rotatable bonds is 5. The molecule has 0 aromatic carbocycles. The van der Waals surface area contributed by atoms with Gasteiger partial charge in [-0.1, -0.05) is 6.92 Å². The van der Waals surface area contributed by atoms with Crippen molar-refractivity contribution in [2.24, 2.45) is 11.1 Å². The van der Waals surface area contributed by atoms with Gasteiger partial charge in [0.1, 0.15) is 0 Å². The van der Waals surface area contributed by atoms with Crippen LogP contribution in [-0.4, -0.2) is 43.8 Å². The fourth-order valence-electron chi connectivity index (χ4n) is 2.36. The van der Waals surface area contributed by atoms with Gasteiger partial charge >= 0.3 is 0 Å². The van der Waals surface area contributed by atoms with Crippen molar-refractivity contribution in [1.29, 1.82) is 0 Å². The van der Waals surface area contributed by atoms with Crippen LogP contribution in [0.4, 0.5) is 0 Å². The SMILES string of the molecule is CC1(CCCN2CCC2CN)COC1. The minimum absolute atomic E-state index is 0.489. The van der Waals surface area contributed by atoms with E-state index in [2.05, 4.69) is 11.8 Å². The summed E-state index contributed by atoms with van der Waals surface area (Å²) in [5, 5.41) is 0. The monoisotopic (exact) mass is 198 g/mol. The zero-order valence-electron chi connectivity index (χ0n) is 9.17. The number of nitrogens with zero attached hydrogens (tertiary/aromatic N) is 1. The second-order valence-electron chi connectivity index (χ2n) is 5.12. The van der Waals surface area contributed by atoms with Crippen molar-refractivity contribution in [2.45, 2.75) is 32.2 Å². The molecule has 0 amide bonds. The summed E-state index contributed by atoms with van der Waals surface area (Å²) in [6.07, 6.45) is 3.91. The predicted octanol–water partition coefficient (Wildman–Crippen LogP) is 0.836. The molecule has 2 saturated heterocycles. The summed E-state index contributed by atoms with van der Waals surface area (Å²) >= 11 is 0. The molecule has 2 heterocycles. The minimum atomic E-state index is 0.489. The molecule has 2 aliphatic heterocycles. The molecule has 0 bridgehead atoms. The van der Waals surface area contributed by atoms with E-state index >= 15 is 0 Å². The molecule has 1 unspecified atom stereocenters. The van der Waals surface area contributed by atoms with E-state index in [4.69, 9.17) is 10.5 Å². The van der Waals surface area contributed by atoms with Crippen molar-refractivity contribution in [2.75, 3.05) is 32.8 Å². The third-order valence-corrected chi connectivity index (χ3v) is 3.66. The summed E-state index contributed by atoms with van der Waals surface area (Å²) in [5.41, 5.74) is 6.15. The zero-order valence-corrected chi connectivity index (χ0v) is 9.17. The Labute approximate surface area is 86.6 Å². The Hall–Kier alpha value is -0.120. The molecule has 0 aromatic rings. The lowest BCUT2D eigenvalue weighted by Crippen LogP contribution is -2.52. The Morgan fingerprint density at radius 1 is 1.50 bits per heavy atom. The molecule has 0 aliphatic carbocycles. The highest BCUT2D eigenvalue weighted by Crippen LogP contribution is 2.32. The van der Waals surface area contributed by atoms with E-state index in [1.165, 1.54) is 32.4 Å². The van der Waals surface area contributed by atoms with Crippen LogP contribution in [0.1, 0.15) is 26.2 Å². The highest BCUT2D eigenvalue weighted by atomic mass is 16.5. The second-order valence-corrected chi connectivity index (χ2v) is 5.12. The maximum atomic E-state index is 5.66. The van der Waals surface area contributed by atoms with E-state index in [0.29, 0.717) is 11.5 Å². The van der Waals surface area contributed by atoms with Gasteiger partial charge in [0.05, 0.1) is 13.2 Å². The van der Waals surface area contributed by atoms with Crippen LogP contribution < -0.4 is 5.73 Å². The van der Waals surface area contributed by atoms with Gasteiger partial charge in [0.25, 0.3) is 0 Å². The molecule has 2 aliphatic rings. The van der Waals surface area contributed by atoms with Gasteiger partial charge in [0.15, 0.2) is 0 Å². The highest BCUT2D eigenvalue weighted by Gasteiger charge is 2.33. The van der Waals surface area contributed by atoms with E-state index in [-0.39, 0.29) is 0 Å². The van der Waals surface area contributed by atoms with Crippen LogP contribution in [0.2, 0.25) is 0 Å². The lowest BCUT2D eigenvalue weighted by atomic mass is 9.83. The molecule has 0 saturated carbocycles. The summed E-state index contributed by atoms with van der Waals surface area (Å²) in [4.78, 5) is 2.52. The van der Waals surface area contributed by atoms with Crippen LogP contribution >= 0.6 is 0 Å².